The second kappa shape index (κ2) is 5.33. The molecule has 1 fully saturated rings. The van der Waals surface area contributed by atoms with Crippen LogP contribution < -0.4 is 4.90 Å². The second-order valence-electron chi connectivity index (χ2n) is 5.13. The maximum absolute atomic E-state index is 11.6. The van der Waals surface area contributed by atoms with Gasteiger partial charge in [0.05, 0.1) is 13.0 Å². The first-order chi connectivity index (χ1) is 9.67. The molecular weight excluding hydrogens is 274 g/mol. The molecule has 1 saturated heterocycles. The van der Waals surface area contributed by atoms with Crippen molar-refractivity contribution in [3.05, 3.63) is 41.4 Å². The molecule has 4 heteroatoms. The molecule has 1 aliphatic rings. The maximum Gasteiger partial charge on any atom is 0.310 e. The van der Waals surface area contributed by atoms with Crippen molar-refractivity contribution < 1.29 is 9.53 Å². The van der Waals surface area contributed by atoms with Gasteiger partial charge in [-0.15, -0.1) is 0 Å². The SMILES string of the molecule is COC(=O)C1CCN(c2ccc3cc(Cl)ccc3c2)C1. The summed E-state index contributed by atoms with van der Waals surface area (Å²) in [5.74, 6) is -0.124. The quantitative estimate of drug-likeness (QED) is 0.793. The number of halogens is 1. The average Bonchev–Trinajstić information content (AvgIpc) is 2.95. The van der Waals surface area contributed by atoms with Gasteiger partial charge in [-0.1, -0.05) is 23.7 Å². The highest BCUT2D eigenvalue weighted by Gasteiger charge is 2.29. The fourth-order valence-corrected chi connectivity index (χ4v) is 2.94. The molecule has 2 aromatic carbocycles. The molecule has 2 aromatic rings. The van der Waals surface area contributed by atoms with E-state index < -0.39 is 0 Å². The third-order valence-electron chi connectivity index (χ3n) is 3.87. The summed E-state index contributed by atoms with van der Waals surface area (Å²) < 4.78 is 4.82. The average molecular weight is 290 g/mol. The second-order valence-corrected chi connectivity index (χ2v) is 5.57. The zero-order valence-corrected chi connectivity index (χ0v) is 12.1. The van der Waals surface area contributed by atoms with Crippen molar-refractivity contribution >= 4 is 34.0 Å². The van der Waals surface area contributed by atoms with Crippen molar-refractivity contribution in [2.75, 3.05) is 25.1 Å². The third kappa shape index (κ3) is 2.46. The van der Waals surface area contributed by atoms with E-state index >= 15 is 0 Å². The number of rotatable bonds is 2. The van der Waals surface area contributed by atoms with Gasteiger partial charge in [0.25, 0.3) is 0 Å². The van der Waals surface area contributed by atoms with Crippen LogP contribution in [0.1, 0.15) is 6.42 Å². The number of methoxy groups -OCH3 is 1. The minimum atomic E-state index is -0.111. The number of benzene rings is 2. The molecular formula is C16H16ClNO2. The van der Waals surface area contributed by atoms with E-state index in [1.165, 1.54) is 7.11 Å². The standard InChI is InChI=1S/C16H16ClNO2/c1-20-16(19)13-6-7-18(10-13)15-5-3-11-8-14(17)4-2-12(11)9-15/h2-5,8-9,13H,6-7,10H2,1H3. The molecule has 20 heavy (non-hydrogen) atoms. The Kier molecular flexibility index (Phi) is 3.53. The number of anilines is 1. The van der Waals surface area contributed by atoms with Crippen LogP contribution in [0.2, 0.25) is 5.02 Å². The Hall–Kier alpha value is -1.74. The van der Waals surface area contributed by atoms with Gasteiger partial charge in [-0.05, 0) is 41.5 Å². The third-order valence-corrected chi connectivity index (χ3v) is 4.11. The summed E-state index contributed by atoms with van der Waals surface area (Å²) in [6, 6.07) is 12.2. The fraction of sp³-hybridized carbons (Fsp3) is 0.312. The molecule has 1 unspecified atom stereocenters. The van der Waals surface area contributed by atoms with Crippen molar-refractivity contribution in [2.45, 2.75) is 6.42 Å². The molecule has 0 radical (unpaired) electrons. The lowest BCUT2D eigenvalue weighted by Crippen LogP contribution is -2.23. The highest BCUT2D eigenvalue weighted by Crippen LogP contribution is 2.28. The Bertz CT molecular complexity index is 656. The molecule has 0 bridgehead atoms. The van der Waals surface area contributed by atoms with Crippen LogP contribution in [0.5, 0.6) is 0 Å². The number of hydrogen-bond donors (Lipinski definition) is 0. The smallest absolute Gasteiger partial charge is 0.310 e. The Morgan fingerprint density at radius 1 is 1.25 bits per heavy atom. The van der Waals surface area contributed by atoms with Crippen LogP contribution in [-0.2, 0) is 9.53 Å². The Morgan fingerprint density at radius 2 is 2.00 bits per heavy atom. The molecule has 0 aliphatic carbocycles. The molecule has 0 spiro atoms. The fourth-order valence-electron chi connectivity index (χ4n) is 2.75. The van der Waals surface area contributed by atoms with E-state index in [4.69, 9.17) is 16.3 Å². The maximum atomic E-state index is 11.6. The molecule has 1 aliphatic heterocycles. The van der Waals surface area contributed by atoms with Gasteiger partial charge in [-0.3, -0.25) is 4.79 Å². The molecule has 104 valence electrons. The van der Waals surface area contributed by atoms with Crippen molar-refractivity contribution in [3.63, 3.8) is 0 Å². The van der Waals surface area contributed by atoms with Crippen molar-refractivity contribution in [2.24, 2.45) is 5.92 Å². The van der Waals surface area contributed by atoms with E-state index in [1.54, 1.807) is 0 Å². The van der Waals surface area contributed by atoms with Crippen LogP contribution in [0.3, 0.4) is 0 Å². The normalized spacial score (nSPS) is 18.5. The lowest BCUT2D eigenvalue weighted by atomic mass is 10.1. The summed E-state index contributed by atoms with van der Waals surface area (Å²) in [5.41, 5.74) is 1.14. The van der Waals surface area contributed by atoms with Gasteiger partial charge in [0.15, 0.2) is 0 Å². The summed E-state index contributed by atoms with van der Waals surface area (Å²) in [4.78, 5) is 13.8. The van der Waals surface area contributed by atoms with Gasteiger partial charge in [0.1, 0.15) is 0 Å². The van der Waals surface area contributed by atoms with E-state index in [2.05, 4.69) is 23.1 Å². The summed E-state index contributed by atoms with van der Waals surface area (Å²) >= 11 is 5.99. The number of nitrogens with zero attached hydrogens (tertiary/aromatic N) is 1. The summed E-state index contributed by atoms with van der Waals surface area (Å²) in [6.45, 7) is 1.62. The zero-order chi connectivity index (χ0) is 14.1. The van der Waals surface area contributed by atoms with Crippen LogP contribution in [0.4, 0.5) is 5.69 Å². The highest BCUT2D eigenvalue weighted by atomic mass is 35.5. The molecule has 0 aromatic heterocycles. The number of fused-ring (bicyclic) bond motifs is 1. The van der Waals surface area contributed by atoms with E-state index in [1.807, 2.05) is 18.2 Å². The van der Waals surface area contributed by atoms with Crippen molar-refractivity contribution in [3.8, 4) is 0 Å². The van der Waals surface area contributed by atoms with Crippen LogP contribution in [0.15, 0.2) is 36.4 Å². The predicted molar refractivity (Wildman–Crippen MR) is 81.3 cm³/mol. The molecule has 3 rings (SSSR count). The van der Waals surface area contributed by atoms with Gasteiger partial charge in [0, 0.05) is 23.8 Å². The number of carbonyl (C=O) groups is 1. The Morgan fingerprint density at radius 3 is 2.80 bits per heavy atom. The van der Waals surface area contributed by atoms with Crippen LogP contribution in [-0.4, -0.2) is 26.2 Å². The molecule has 0 N–H and O–H groups in total. The summed E-state index contributed by atoms with van der Waals surface area (Å²) in [5, 5.41) is 3.04. The highest BCUT2D eigenvalue weighted by molar-refractivity contribution is 6.31. The number of esters is 1. The summed E-state index contributed by atoms with van der Waals surface area (Å²) in [7, 11) is 1.45. The van der Waals surface area contributed by atoms with Gasteiger partial charge in [-0.25, -0.2) is 0 Å². The monoisotopic (exact) mass is 289 g/mol. The molecule has 1 atom stereocenters. The van der Waals surface area contributed by atoms with Crippen LogP contribution in [0, 0.1) is 5.92 Å². The van der Waals surface area contributed by atoms with Crippen molar-refractivity contribution in [1.29, 1.82) is 0 Å². The Balaban J connectivity index is 1.84. The van der Waals surface area contributed by atoms with E-state index in [0.717, 1.165) is 41.0 Å². The summed E-state index contributed by atoms with van der Waals surface area (Å²) in [6.07, 6.45) is 0.853. The first-order valence-electron chi connectivity index (χ1n) is 6.69. The molecule has 0 saturated carbocycles. The van der Waals surface area contributed by atoms with E-state index in [-0.39, 0.29) is 11.9 Å². The van der Waals surface area contributed by atoms with Gasteiger partial charge in [0.2, 0.25) is 0 Å². The zero-order valence-electron chi connectivity index (χ0n) is 11.3. The first kappa shape index (κ1) is 13.3. The largest absolute Gasteiger partial charge is 0.469 e. The molecule has 3 nitrogen and oxygen atoms in total. The minimum Gasteiger partial charge on any atom is -0.469 e. The number of ether oxygens (including phenoxy) is 1. The van der Waals surface area contributed by atoms with E-state index in [9.17, 15) is 4.79 Å². The number of hydrogen-bond acceptors (Lipinski definition) is 3. The molecule has 1 heterocycles. The minimum absolute atomic E-state index is 0.0130. The van der Waals surface area contributed by atoms with Gasteiger partial charge >= 0.3 is 5.97 Å². The van der Waals surface area contributed by atoms with Gasteiger partial charge in [-0.2, -0.15) is 0 Å². The molecule has 0 amide bonds. The Labute approximate surface area is 123 Å². The lowest BCUT2D eigenvalue weighted by molar-refractivity contribution is -0.144. The van der Waals surface area contributed by atoms with Crippen LogP contribution >= 0.6 is 11.6 Å². The number of carbonyl (C=O) groups excluding carboxylic acids is 1. The van der Waals surface area contributed by atoms with Crippen LogP contribution in [0.25, 0.3) is 10.8 Å². The lowest BCUT2D eigenvalue weighted by Gasteiger charge is -2.19. The first-order valence-corrected chi connectivity index (χ1v) is 7.07. The van der Waals surface area contributed by atoms with E-state index in [0.29, 0.717) is 0 Å². The van der Waals surface area contributed by atoms with Crippen molar-refractivity contribution in [1.82, 2.24) is 0 Å². The van der Waals surface area contributed by atoms with Gasteiger partial charge < -0.3 is 9.64 Å². The topological polar surface area (TPSA) is 29.5 Å². The predicted octanol–water partition coefficient (Wildman–Crippen LogP) is 3.49.